The van der Waals surface area contributed by atoms with Crippen LogP contribution >= 0.6 is 0 Å². The zero-order valence-electron chi connectivity index (χ0n) is 12.5. The summed E-state index contributed by atoms with van der Waals surface area (Å²) in [5.74, 6) is -0.178. The summed E-state index contributed by atoms with van der Waals surface area (Å²) in [5.41, 5.74) is 3.64. The molecule has 0 spiro atoms. The number of hydrogen-bond acceptors (Lipinski definition) is 3. The first-order valence-electron chi connectivity index (χ1n) is 7.14. The van der Waals surface area contributed by atoms with Crippen LogP contribution in [0.5, 0.6) is 0 Å². The van der Waals surface area contributed by atoms with E-state index < -0.39 is 0 Å². The van der Waals surface area contributed by atoms with Crippen LogP contribution in [0.2, 0.25) is 0 Å². The number of aromatic amines is 1. The zero-order chi connectivity index (χ0) is 16.2. The second-order valence-electron chi connectivity index (χ2n) is 5.11. The van der Waals surface area contributed by atoms with Crippen molar-refractivity contribution in [2.24, 2.45) is 0 Å². The van der Waals surface area contributed by atoms with Gasteiger partial charge in [-0.25, -0.2) is 0 Å². The standard InChI is InChI=1S/C18H15N3O2/c1-12(22)21-15-4-2-13(3-5-15)16-10-20-11-17(16)18(23)14-6-8-19-9-7-14/h2-11,20H,1H3,(H,21,22). The van der Waals surface area contributed by atoms with Crippen molar-refractivity contribution in [1.82, 2.24) is 9.97 Å². The van der Waals surface area contributed by atoms with Crippen molar-refractivity contribution in [2.45, 2.75) is 6.92 Å². The minimum atomic E-state index is -0.118. The number of amides is 1. The molecule has 2 aromatic heterocycles. The number of carbonyl (C=O) groups excluding carboxylic acids is 2. The van der Waals surface area contributed by atoms with Gasteiger partial charge in [0.1, 0.15) is 0 Å². The Kier molecular flexibility index (Phi) is 4.01. The van der Waals surface area contributed by atoms with Crippen molar-refractivity contribution in [2.75, 3.05) is 5.32 Å². The first-order valence-corrected chi connectivity index (χ1v) is 7.14. The van der Waals surface area contributed by atoms with E-state index in [-0.39, 0.29) is 11.7 Å². The molecule has 0 saturated carbocycles. The highest BCUT2D eigenvalue weighted by Crippen LogP contribution is 2.26. The van der Waals surface area contributed by atoms with Gasteiger partial charge in [-0.3, -0.25) is 14.6 Å². The molecule has 0 unspecified atom stereocenters. The Balaban J connectivity index is 1.92. The van der Waals surface area contributed by atoms with Crippen LogP contribution in [0, 0.1) is 0 Å². The number of pyridine rings is 1. The predicted molar refractivity (Wildman–Crippen MR) is 88.2 cm³/mol. The van der Waals surface area contributed by atoms with Gasteiger partial charge in [-0.2, -0.15) is 0 Å². The molecule has 2 N–H and O–H groups in total. The minimum Gasteiger partial charge on any atom is -0.366 e. The van der Waals surface area contributed by atoms with E-state index in [2.05, 4.69) is 15.3 Å². The van der Waals surface area contributed by atoms with Crippen molar-refractivity contribution >= 4 is 17.4 Å². The number of rotatable bonds is 4. The predicted octanol–water partition coefficient (Wildman–Crippen LogP) is 3.27. The van der Waals surface area contributed by atoms with Gasteiger partial charge in [0, 0.05) is 54.1 Å². The van der Waals surface area contributed by atoms with Crippen molar-refractivity contribution in [3.8, 4) is 11.1 Å². The number of H-pyrrole nitrogens is 1. The van der Waals surface area contributed by atoms with Gasteiger partial charge in [0.25, 0.3) is 0 Å². The Bertz CT molecular complexity index is 836. The fourth-order valence-electron chi connectivity index (χ4n) is 2.39. The van der Waals surface area contributed by atoms with Gasteiger partial charge in [-0.05, 0) is 29.8 Å². The van der Waals surface area contributed by atoms with Crippen LogP contribution in [0.3, 0.4) is 0 Å². The summed E-state index contributed by atoms with van der Waals surface area (Å²) in [6.07, 6.45) is 6.69. The Morgan fingerprint density at radius 2 is 1.70 bits per heavy atom. The van der Waals surface area contributed by atoms with Gasteiger partial charge in [-0.15, -0.1) is 0 Å². The SMILES string of the molecule is CC(=O)Nc1ccc(-c2c[nH]cc2C(=O)c2ccncc2)cc1. The molecular weight excluding hydrogens is 290 g/mol. The quantitative estimate of drug-likeness (QED) is 0.726. The van der Waals surface area contributed by atoms with Crippen LogP contribution in [0.1, 0.15) is 22.8 Å². The molecule has 0 bridgehead atoms. The summed E-state index contributed by atoms with van der Waals surface area (Å²) >= 11 is 0. The van der Waals surface area contributed by atoms with Crippen molar-refractivity contribution in [3.05, 3.63) is 72.3 Å². The normalized spacial score (nSPS) is 10.3. The van der Waals surface area contributed by atoms with E-state index >= 15 is 0 Å². The van der Waals surface area contributed by atoms with Crippen LogP contribution in [-0.2, 0) is 4.79 Å². The van der Waals surface area contributed by atoms with E-state index in [4.69, 9.17) is 0 Å². The van der Waals surface area contributed by atoms with E-state index in [1.807, 2.05) is 24.3 Å². The fourth-order valence-corrected chi connectivity index (χ4v) is 2.39. The second-order valence-corrected chi connectivity index (χ2v) is 5.11. The molecule has 114 valence electrons. The lowest BCUT2D eigenvalue weighted by Gasteiger charge is -2.06. The van der Waals surface area contributed by atoms with Crippen molar-refractivity contribution in [3.63, 3.8) is 0 Å². The maximum Gasteiger partial charge on any atom is 0.221 e. The van der Waals surface area contributed by atoms with Crippen LogP contribution in [-0.4, -0.2) is 21.7 Å². The largest absolute Gasteiger partial charge is 0.366 e. The molecule has 0 aliphatic rings. The molecule has 0 radical (unpaired) electrons. The van der Waals surface area contributed by atoms with Crippen LogP contribution in [0.15, 0.2) is 61.2 Å². The highest BCUT2D eigenvalue weighted by molar-refractivity contribution is 6.12. The number of carbonyl (C=O) groups is 2. The van der Waals surface area contributed by atoms with Gasteiger partial charge in [0.2, 0.25) is 5.91 Å². The molecule has 1 aromatic carbocycles. The molecule has 0 aliphatic carbocycles. The number of nitrogens with zero attached hydrogens (tertiary/aromatic N) is 1. The average molecular weight is 305 g/mol. The molecule has 0 atom stereocenters. The van der Waals surface area contributed by atoms with Gasteiger partial charge in [0.15, 0.2) is 5.78 Å². The monoisotopic (exact) mass is 305 g/mol. The summed E-state index contributed by atoms with van der Waals surface area (Å²) in [6, 6.07) is 10.8. The Labute approximate surface area is 133 Å². The van der Waals surface area contributed by atoms with Crippen LogP contribution < -0.4 is 5.32 Å². The number of benzene rings is 1. The van der Waals surface area contributed by atoms with Gasteiger partial charge in [0.05, 0.1) is 0 Å². The van der Waals surface area contributed by atoms with Gasteiger partial charge < -0.3 is 10.3 Å². The number of aromatic nitrogens is 2. The maximum atomic E-state index is 12.6. The fraction of sp³-hybridized carbons (Fsp3) is 0.0556. The summed E-state index contributed by atoms with van der Waals surface area (Å²) in [7, 11) is 0. The molecule has 0 aliphatic heterocycles. The number of anilines is 1. The molecule has 23 heavy (non-hydrogen) atoms. The van der Waals surface area contributed by atoms with E-state index in [1.54, 1.807) is 36.9 Å². The lowest BCUT2D eigenvalue weighted by molar-refractivity contribution is -0.114. The molecule has 2 heterocycles. The van der Waals surface area contributed by atoms with Gasteiger partial charge in [-0.1, -0.05) is 12.1 Å². The lowest BCUT2D eigenvalue weighted by Crippen LogP contribution is -2.05. The molecule has 3 aromatic rings. The molecule has 0 saturated heterocycles. The van der Waals surface area contributed by atoms with Crippen LogP contribution in [0.25, 0.3) is 11.1 Å². The van der Waals surface area contributed by atoms with E-state index in [9.17, 15) is 9.59 Å². The van der Waals surface area contributed by atoms with Crippen molar-refractivity contribution in [1.29, 1.82) is 0 Å². The van der Waals surface area contributed by atoms with Gasteiger partial charge >= 0.3 is 0 Å². The maximum absolute atomic E-state index is 12.6. The molecular formula is C18H15N3O2. The minimum absolute atomic E-state index is 0.0606. The topological polar surface area (TPSA) is 74.8 Å². The third-order valence-electron chi connectivity index (χ3n) is 3.45. The van der Waals surface area contributed by atoms with E-state index in [1.165, 1.54) is 6.92 Å². The summed E-state index contributed by atoms with van der Waals surface area (Å²) in [4.78, 5) is 30.6. The first kappa shape index (κ1) is 14.7. The highest BCUT2D eigenvalue weighted by atomic mass is 16.1. The van der Waals surface area contributed by atoms with Crippen molar-refractivity contribution < 1.29 is 9.59 Å². The number of hydrogen-bond donors (Lipinski definition) is 2. The van der Waals surface area contributed by atoms with E-state index in [0.29, 0.717) is 11.1 Å². The number of nitrogens with one attached hydrogen (secondary N) is 2. The third kappa shape index (κ3) is 3.18. The Hall–Kier alpha value is -3.21. The molecule has 5 heteroatoms. The Morgan fingerprint density at radius 3 is 2.35 bits per heavy atom. The van der Waals surface area contributed by atoms with E-state index in [0.717, 1.165) is 16.8 Å². The highest BCUT2D eigenvalue weighted by Gasteiger charge is 2.15. The third-order valence-corrected chi connectivity index (χ3v) is 3.45. The Morgan fingerprint density at radius 1 is 1.00 bits per heavy atom. The summed E-state index contributed by atoms with van der Waals surface area (Å²) < 4.78 is 0. The molecule has 1 amide bonds. The summed E-state index contributed by atoms with van der Waals surface area (Å²) in [5, 5.41) is 2.72. The lowest BCUT2D eigenvalue weighted by atomic mass is 9.98. The average Bonchev–Trinajstić information content (AvgIpc) is 3.05. The number of ketones is 1. The smallest absolute Gasteiger partial charge is 0.221 e. The second kappa shape index (κ2) is 6.27. The summed E-state index contributed by atoms with van der Waals surface area (Å²) in [6.45, 7) is 1.46. The zero-order valence-corrected chi connectivity index (χ0v) is 12.5. The first-order chi connectivity index (χ1) is 11.1. The van der Waals surface area contributed by atoms with Crippen LogP contribution in [0.4, 0.5) is 5.69 Å². The molecule has 5 nitrogen and oxygen atoms in total. The molecule has 0 fully saturated rings. The molecule has 3 rings (SSSR count).